The molecule has 1 saturated heterocycles. The van der Waals surface area contributed by atoms with Crippen molar-refractivity contribution < 1.29 is 28.7 Å². The first-order valence-electron chi connectivity index (χ1n) is 9.89. The molecule has 6 atom stereocenters. The summed E-state index contributed by atoms with van der Waals surface area (Å²) in [6.45, 7) is 0.256. The van der Waals surface area contributed by atoms with Gasteiger partial charge >= 0.3 is 5.97 Å². The number of esters is 1. The second kappa shape index (κ2) is 8.24. The van der Waals surface area contributed by atoms with Crippen LogP contribution in [0.4, 0.5) is 5.69 Å². The van der Waals surface area contributed by atoms with Gasteiger partial charge in [0.1, 0.15) is 6.54 Å². The Labute approximate surface area is 188 Å². The zero-order valence-corrected chi connectivity index (χ0v) is 18.1. The number of amides is 3. The van der Waals surface area contributed by atoms with Crippen molar-refractivity contribution in [3.05, 3.63) is 29.8 Å². The van der Waals surface area contributed by atoms with Crippen LogP contribution in [0, 0.1) is 23.7 Å². The van der Waals surface area contributed by atoms with Crippen LogP contribution in [-0.4, -0.2) is 58.3 Å². The molecule has 3 amide bonds. The number of fused-ring (bicyclic) bond motifs is 5. The van der Waals surface area contributed by atoms with E-state index in [0.29, 0.717) is 17.7 Å². The van der Waals surface area contributed by atoms with Crippen LogP contribution < -0.4 is 5.32 Å². The molecule has 10 heteroatoms. The average molecular weight is 467 g/mol. The Morgan fingerprint density at radius 3 is 2.29 bits per heavy atom. The number of hydrogen-bond donors (Lipinski definition) is 1. The number of ketones is 1. The molecule has 8 nitrogen and oxygen atoms in total. The highest BCUT2D eigenvalue weighted by Crippen LogP contribution is 2.59. The monoisotopic (exact) mass is 466 g/mol. The topological polar surface area (TPSA) is 110 Å². The molecular weight excluding hydrogens is 447 g/mol. The van der Waals surface area contributed by atoms with Gasteiger partial charge in [-0.25, -0.2) is 0 Å². The number of nitrogens with one attached hydrogen (secondary N) is 1. The third-order valence-electron chi connectivity index (χ3n) is 6.28. The third kappa shape index (κ3) is 3.83. The maximum absolute atomic E-state index is 12.7. The van der Waals surface area contributed by atoms with Crippen LogP contribution in [0.3, 0.4) is 0 Å². The molecule has 0 aromatic heterocycles. The molecule has 0 unspecified atom stereocenters. The van der Waals surface area contributed by atoms with Gasteiger partial charge in [0.25, 0.3) is 5.91 Å². The smallest absolute Gasteiger partial charge is 0.326 e. The van der Waals surface area contributed by atoms with E-state index in [1.807, 2.05) is 0 Å². The SMILES string of the molecule is CC(=O)c1cccc(NC(=O)COC(=O)CN2C(=O)[C@@H]3[C@H]4C[C@@H]([C@@H](Cl)[C@H]4Cl)[C@H]3C2=O)c1. The summed E-state index contributed by atoms with van der Waals surface area (Å²) in [5, 5.41) is 1.77. The van der Waals surface area contributed by atoms with E-state index in [9.17, 15) is 24.0 Å². The number of imide groups is 1. The highest BCUT2D eigenvalue weighted by atomic mass is 35.5. The van der Waals surface area contributed by atoms with E-state index in [0.717, 1.165) is 4.90 Å². The van der Waals surface area contributed by atoms with Gasteiger partial charge in [0.15, 0.2) is 12.4 Å². The van der Waals surface area contributed by atoms with Gasteiger partial charge in [0, 0.05) is 11.3 Å². The largest absolute Gasteiger partial charge is 0.454 e. The standard InChI is InChI=1S/C21H20Cl2N2O6/c1-9(26)10-3-2-4-11(5-10)24-14(27)8-31-15(28)7-25-20(29)16-12-6-13(17(16)21(25)30)19(23)18(12)22/h2-5,12-13,16-19H,6-8H2,1H3,(H,24,27)/t12-,13-,16-,17-,18-,19+/m1/s1. The lowest BCUT2D eigenvalue weighted by Crippen LogP contribution is -2.38. The summed E-state index contributed by atoms with van der Waals surface area (Å²) in [5.41, 5.74) is 0.812. The lowest BCUT2D eigenvalue weighted by Gasteiger charge is -2.28. The van der Waals surface area contributed by atoms with Crippen LogP contribution >= 0.6 is 23.2 Å². The summed E-state index contributed by atoms with van der Waals surface area (Å²) >= 11 is 12.6. The number of alkyl halides is 2. The minimum atomic E-state index is -0.869. The third-order valence-corrected chi connectivity index (χ3v) is 7.60. The van der Waals surface area contributed by atoms with Crippen molar-refractivity contribution in [2.45, 2.75) is 24.1 Å². The van der Waals surface area contributed by atoms with Crippen molar-refractivity contribution >= 4 is 58.4 Å². The number of hydrogen-bond acceptors (Lipinski definition) is 6. The zero-order valence-electron chi connectivity index (χ0n) is 16.5. The molecule has 164 valence electrons. The quantitative estimate of drug-likeness (QED) is 0.296. The molecule has 1 aromatic rings. The Balaban J connectivity index is 1.31. The molecule has 0 radical (unpaired) electrons. The number of nitrogens with zero attached hydrogens (tertiary/aromatic N) is 1. The van der Waals surface area contributed by atoms with E-state index in [-0.39, 0.29) is 28.4 Å². The summed E-state index contributed by atoms with van der Waals surface area (Å²) in [7, 11) is 0. The Hall–Kier alpha value is -2.45. The number of benzene rings is 1. The number of carbonyl (C=O) groups excluding carboxylic acids is 5. The first-order valence-corrected chi connectivity index (χ1v) is 10.8. The molecule has 1 heterocycles. The molecule has 2 saturated carbocycles. The molecule has 4 rings (SSSR count). The molecule has 3 fully saturated rings. The molecule has 1 aliphatic heterocycles. The summed E-state index contributed by atoms with van der Waals surface area (Å²) in [6, 6.07) is 6.33. The summed E-state index contributed by atoms with van der Waals surface area (Å²) in [4.78, 5) is 62.0. The average Bonchev–Trinajstić information content (AvgIpc) is 3.33. The number of halogens is 2. The lowest BCUT2D eigenvalue weighted by atomic mass is 9.80. The Morgan fingerprint density at radius 1 is 1.10 bits per heavy atom. The van der Waals surface area contributed by atoms with Crippen molar-refractivity contribution in [2.75, 3.05) is 18.5 Å². The zero-order chi connectivity index (χ0) is 22.4. The highest BCUT2D eigenvalue weighted by molar-refractivity contribution is 6.31. The van der Waals surface area contributed by atoms with Crippen LogP contribution in [0.25, 0.3) is 0 Å². The van der Waals surface area contributed by atoms with Gasteiger partial charge in [-0.1, -0.05) is 12.1 Å². The summed E-state index contributed by atoms with van der Waals surface area (Å²) < 4.78 is 4.93. The number of anilines is 1. The number of likely N-dealkylation sites (tertiary alicyclic amines) is 1. The van der Waals surface area contributed by atoms with Crippen molar-refractivity contribution in [2.24, 2.45) is 23.7 Å². The van der Waals surface area contributed by atoms with E-state index in [1.54, 1.807) is 18.2 Å². The number of rotatable bonds is 6. The Bertz CT molecular complexity index is 950. The fourth-order valence-electron chi connectivity index (χ4n) is 4.90. The molecule has 2 aliphatic carbocycles. The van der Waals surface area contributed by atoms with Crippen LogP contribution in [0.2, 0.25) is 0 Å². The van der Waals surface area contributed by atoms with Gasteiger partial charge in [-0.3, -0.25) is 28.9 Å². The van der Waals surface area contributed by atoms with Crippen molar-refractivity contribution in [1.29, 1.82) is 0 Å². The fourth-order valence-corrected chi connectivity index (χ4v) is 5.79. The second-order valence-electron chi connectivity index (χ2n) is 8.11. The first-order chi connectivity index (χ1) is 14.7. The second-order valence-corrected chi connectivity index (χ2v) is 9.12. The van der Waals surface area contributed by atoms with Crippen molar-refractivity contribution in [1.82, 2.24) is 4.90 Å². The van der Waals surface area contributed by atoms with Gasteiger partial charge in [-0.15, -0.1) is 23.2 Å². The number of Topliss-reactive ketones (excluding diaryl/α,β-unsaturated/α-hetero) is 1. The maximum Gasteiger partial charge on any atom is 0.326 e. The molecule has 3 aliphatic rings. The van der Waals surface area contributed by atoms with Crippen LogP contribution in [-0.2, 0) is 23.9 Å². The molecule has 0 spiro atoms. The molecule has 1 N–H and O–H groups in total. The molecular formula is C21H20Cl2N2O6. The van der Waals surface area contributed by atoms with E-state index in [2.05, 4.69) is 5.32 Å². The van der Waals surface area contributed by atoms with Crippen molar-refractivity contribution in [3.63, 3.8) is 0 Å². The molecule has 1 aromatic carbocycles. The minimum absolute atomic E-state index is 0.151. The maximum atomic E-state index is 12.7. The van der Waals surface area contributed by atoms with E-state index in [1.165, 1.54) is 13.0 Å². The van der Waals surface area contributed by atoms with Gasteiger partial charge in [-0.05, 0) is 37.3 Å². The van der Waals surface area contributed by atoms with E-state index < -0.39 is 48.7 Å². The molecule has 31 heavy (non-hydrogen) atoms. The van der Waals surface area contributed by atoms with Gasteiger partial charge < -0.3 is 10.1 Å². The predicted molar refractivity (Wildman–Crippen MR) is 111 cm³/mol. The Morgan fingerprint density at radius 2 is 1.71 bits per heavy atom. The van der Waals surface area contributed by atoms with Crippen LogP contribution in [0.5, 0.6) is 0 Å². The van der Waals surface area contributed by atoms with E-state index in [4.69, 9.17) is 27.9 Å². The summed E-state index contributed by atoms with van der Waals surface area (Å²) in [5.74, 6) is -3.93. The van der Waals surface area contributed by atoms with Gasteiger partial charge in [0.2, 0.25) is 11.8 Å². The summed E-state index contributed by atoms with van der Waals surface area (Å²) in [6.07, 6.45) is 0.637. The van der Waals surface area contributed by atoms with Gasteiger partial charge in [-0.2, -0.15) is 0 Å². The minimum Gasteiger partial charge on any atom is -0.454 e. The van der Waals surface area contributed by atoms with Crippen LogP contribution in [0.1, 0.15) is 23.7 Å². The first kappa shape index (κ1) is 21.8. The lowest BCUT2D eigenvalue weighted by molar-refractivity contribution is -0.154. The van der Waals surface area contributed by atoms with Gasteiger partial charge in [0.05, 0.1) is 22.6 Å². The Kier molecular flexibility index (Phi) is 5.79. The van der Waals surface area contributed by atoms with E-state index >= 15 is 0 Å². The van der Waals surface area contributed by atoms with Crippen molar-refractivity contribution in [3.8, 4) is 0 Å². The number of carbonyl (C=O) groups is 5. The molecule has 2 bridgehead atoms. The fraction of sp³-hybridized carbons (Fsp3) is 0.476. The highest BCUT2D eigenvalue weighted by Gasteiger charge is 2.66. The predicted octanol–water partition coefficient (Wildman–Crippen LogP) is 1.84. The normalized spacial score (nSPS) is 31.0. The van der Waals surface area contributed by atoms with Crippen LogP contribution in [0.15, 0.2) is 24.3 Å². The number of ether oxygens (including phenoxy) is 1.